The Balaban J connectivity index is 1.21. The summed E-state index contributed by atoms with van der Waals surface area (Å²) in [6, 6.07) is 13.3. The van der Waals surface area contributed by atoms with Gasteiger partial charge in [-0.15, -0.1) is 0 Å². The van der Waals surface area contributed by atoms with Crippen molar-refractivity contribution in [2.75, 3.05) is 0 Å². The molecule has 0 spiro atoms. The second-order valence-electron chi connectivity index (χ2n) is 8.79. The Bertz CT molecular complexity index is 1380. The van der Waals surface area contributed by atoms with Crippen LogP contribution in [0.4, 0.5) is 0 Å². The predicted octanol–water partition coefficient (Wildman–Crippen LogP) is 4.04. The first-order chi connectivity index (χ1) is 17.0. The van der Waals surface area contributed by atoms with Crippen LogP contribution in [0.5, 0.6) is 0 Å². The first kappa shape index (κ1) is 23.0. The third-order valence-corrected chi connectivity index (χ3v) is 6.33. The summed E-state index contributed by atoms with van der Waals surface area (Å²) in [5, 5.41) is 11.6. The van der Waals surface area contributed by atoms with Gasteiger partial charge in [0.15, 0.2) is 0 Å². The van der Waals surface area contributed by atoms with Gasteiger partial charge in [0, 0.05) is 53.4 Å². The lowest BCUT2D eigenvalue weighted by Gasteiger charge is -2.20. The minimum Gasteiger partial charge on any atom is -0.346 e. The molecule has 1 saturated carbocycles. The van der Waals surface area contributed by atoms with Crippen molar-refractivity contribution in [3.8, 4) is 0 Å². The molecule has 3 aromatic heterocycles. The van der Waals surface area contributed by atoms with E-state index in [4.69, 9.17) is 11.6 Å². The van der Waals surface area contributed by atoms with E-state index in [1.807, 2.05) is 35.4 Å². The summed E-state index contributed by atoms with van der Waals surface area (Å²) in [7, 11) is 0. The quantitative estimate of drug-likeness (QED) is 0.389. The van der Waals surface area contributed by atoms with Crippen molar-refractivity contribution in [2.24, 2.45) is 0 Å². The smallest absolute Gasteiger partial charge is 0.251 e. The van der Waals surface area contributed by atoms with Gasteiger partial charge in [-0.1, -0.05) is 17.7 Å². The number of carbonyl (C=O) groups excluding carboxylic acids is 2. The average Bonchev–Trinajstić information content (AvgIpc) is 3.62. The third kappa shape index (κ3) is 5.49. The number of benzene rings is 1. The molecule has 1 fully saturated rings. The van der Waals surface area contributed by atoms with Gasteiger partial charge in [0.05, 0.1) is 30.0 Å². The van der Waals surface area contributed by atoms with Gasteiger partial charge in [0.25, 0.3) is 5.91 Å². The highest BCUT2D eigenvalue weighted by molar-refractivity contribution is 6.31. The number of aromatic nitrogens is 4. The van der Waals surface area contributed by atoms with Gasteiger partial charge in [-0.05, 0) is 54.8 Å². The molecule has 178 valence electrons. The van der Waals surface area contributed by atoms with Crippen molar-refractivity contribution in [3.63, 3.8) is 0 Å². The number of aromatic amines is 1. The largest absolute Gasteiger partial charge is 0.346 e. The minimum atomic E-state index is -0.204. The molecule has 0 bridgehead atoms. The van der Waals surface area contributed by atoms with Gasteiger partial charge >= 0.3 is 0 Å². The Labute approximate surface area is 207 Å². The molecular weight excluding hydrogens is 464 g/mol. The summed E-state index contributed by atoms with van der Waals surface area (Å²) in [5.74, 6) is -0.119. The van der Waals surface area contributed by atoms with Crippen molar-refractivity contribution < 1.29 is 9.59 Å². The fourth-order valence-corrected chi connectivity index (χ4v) is 4.25. The Morgan fingerprint density at radius 1 is 1.11 bits per heavy atom. The lowest BCUT2D eigenvalue weighted by molar-refractivity contribution is -0.130. The van der Waals surface area contributed by atoms with Gasteiger partial charge in [0.2, 0.25) is 5.91 Å². The average molecular weight is 489 g/mol. The van der Waals surface area contributed by atoms with Crippen molar-refractivity contribution >= 4 is 34.3 Å². The molecule has 1 aromatic carbocycles. The minimum absolute atomic E-state index is 0.0851. The SMILES string of the molecule is CC(=O)N(Cc1ccc(Cc2cc(C(=O)NCc3n[nH]c4ccc(Cl)cc34)ccn2)cn1)C1CC1. The molecule has 0 aliphatic heterocycles. The number of amides is 2. The molecular formula is C26H25ClN6O2. The fourth-order valence-electron chi connectivity index (χ4n) is 4.08. The third-order valence-electron chi connectivity index (χ3n) is 6.09. The van der Waals surface area contributed by atoms with Crippen LogP contribution < -0.4 is 5.32 Å². The van der Waals surface area contributed by atoms with E-state index in [1.165, 1.54) is 0 Å². The summed E-state index contributed by atoms with van der Waals surface area (Å²) in [6.07, 6.45) is 6.13. The zero-order chi connectivity index (χ0) is 24.4. The van der Waals surface area contributed by atoms with Gasteiger partial charge < -0.3 is 10.2 Å². The number of hydrogen-bond donors (Lipinski definition) is 2. The maximum atomic E-state index is 12.8. The highest BCUT2D eigenvalue weighted by Gasteiger charge is 2.30. The molecule has 3 heterocycles. The highest BCUT2D eigenvalue weighted by Crippen LogP contribution is 2.28. The van der Waals surface area contributed by atoms with E-state index in [0.29, 0.717) is 29.6 Å². The second kappa shape index (κ2) is 9.84. The monoisotopic (exact) mass is 488 g/mol. The molecule has 35 heavy (non-hydrogen) atoms. The van der Waals surface area contributed by atoms with Crippen LogP contribution in [0.25, 0.3) is 10.9 Å². The van der Waals surface area contributed by atoms with E-state index in [2.05, 4.69) is 25.5 Å². The van der Waals surface area contributed by atoms with Crippen molar-refractivity contribution in [3.05, 3.63) is 88.1 Å². The molecule has 9 heteroatoms. The molecule has 5 rings (SSSR count). The molecule has 2 N–H and O–H groups in total. The van der Waals surface area contributed by atoms with Gasteiger partial charge in [-0.3, -0.25) is 24.7 Å². The van der Waals surface area contributed by atoms with Crippen LogP contribution >= 0.6 is 11.6 Å². The predicted molar refractivity (Wildman–Crippen MR) is 133 cm³/mol. The first-order valence-corrected chi connectivity index (χ1v) is 11.9. The molecule has 0 radical (unpaired) electrons. The number of rotatable bonds is 8. The van der Waals surface area contributed by atoms with Gasteiger partial charge in [0.1, 0.15) is 0 Å². The number of hydrogen-bond acceptors (Lipinski definition) is 5. The van der Waals surface area contributed by atoms with Crippen LogP contribution in [0.1, 0.15) is 52.8 Å². The summed E-state index contributed by atoms with van der Waals surface area (Å²) >= 11 is 6.09. The molecule has 4 aromatic rings. The van der Waals surface area contributed by atoms with Crippen molar-refractivity contribution in [1.29, 1.82) is 0 Å². The van der Waals surface area contributed by atoms with E-state index >= 15 is 0 Å². The summed E-state index contributed by atoms with van der Waals surface area (Å²) < 4.78 is 0. The highest BCUT2D eigenvalue weighted by atomic mass is 35.5. The fraction of sp³-hybridized carbons (Fsp3) is 0.269. The molecule has 1 aliphatic carbocycles. The molecule has 1 aliphatic rings. The normalized spacial score (nSPS) is 13.1. The van der Waals surface area contributed by atoms with E-state index in [9.17, 15) is 9.59 Å². The zero-order valence-corrected chi connectivity index (χ0v) is 20.0. The van der Waals surface area contributed by atoms with E-state index in [0.717, 1.165) is 46.4 Å². The number of nitrogens with zero attached hydrogens (tertiary/aromatic N) is 4. The molecule has 0 saturated heterocycles. The zero-order valence-electron chi connectivity index (χ0n) is 19.3. The standard InChI is InChI=1S/C26H25ClN6O2/c1-16(34)33(22-5-6-22)15-20-4-2-17(13-29-20)10-21-11-18(8-9-28-21)26(35)30-14-25-23-12-19(27)3-7-24(23)31-32-25/h2-4,7-9,11-13,22H,5-6,10,14-15H2,1H3,(H,30,35)(H,31,32). The lowest BCUT2D eigenvalue weighted by atomic mass is 10.1. The summed E-state index contributed by atoms with van der Waals surface area (Å²) in [4.78, 5) is 35.4. The molecule has 2 amide bonds. The van der Waals surface area contributed by atoms with E-state index < -0.39 is 0 Å². The van der Waals surface area contributed by atoms with Crippen LogP contribution in [-0.4, -0.2) is 42.9 Å². The Morgan fingerprint density at radius 2 is 1.97 bits per heavy atom. The Hall–Kier alpha value is -3.78. The topological polar surface area (TPSA) is 104 Å². The number of halogens is 1. The van der Waals surface area contributed by atoms with Crippen LogP contribution in [0, 0.1) is 0 Å². The Morgan fingerprint density at radius 3 is 2.71 bits per heavy atom. The number of carbonyl (C=O) groups is 2. The van der Waals surface area contributed by atoms with Crippen molar-refractivity contribution in [1.82, 2.24) is 30.4 Å². The van der Waals surface area contributed by atoms with Crippen LogP contribution in [0.3, 0.4) is 0 Å². The second-order valence-corrected chi connectivity index (χ2v) is 9.23. The van der Waals surface area contributed by atoms with E-state index in [1.54, 1.807) is 31.3 Å². The summed E-state index contributed by atoms with van der Waals surface area (Å²) in [5.41, 5.74) is 4.74. The van der Waals surface area contributed by atoms with Gasteiger partial charge in [-0.2, -0.15) is 5.10 Å². The lowest BCUT2D eigenvalue weighted by Crippen LogP contribution is -2.30. The number of nitrogens with one attached hydrogen (secondary N) is 2. The number of pyridine rings is 2. The van der Waals surface area contributed by atoms with Crippen molar-refractivity contribution in [2.45, 2.75) is 45.3 Å². The number of fused-ring (bicyclic) bond motifs is 1. The number of H-pyrrole nitrogens is 1. The maximum Gasteiger partial charge on any atom is 0.251 e. The molecule has 0 atom stereocenters. The molecule has 0 unspecified atom stereocenters. The summed E-state index contributed by atoms with van der Waals surface area (Å²) in [6.45, 7) is 2.42. The van der Waals surface area contributed by atoms with Crippen LogP contribution in [0.15, 0.2) is 54.9 Å². The van der Waals surface area contributed by atoms with E-state index in [-0.39, 0.29) is 18.4 Å². The van der Waals surface area contributed by atoms with Gasteiger partial charge in [-0.25, -0.2) is 0 Å². The Kier molecular flexibility index (Phi) is 6.46. The van der Waals surface area contributed by atoms with Crippen LogP contribution in [0.2, 0.25) is 5.02 Å². The van der Waals surface area contributed by atoms with Crippen LogP contribution in [-0.2, 0) is 24.3 Å². The first-order valence-electron chi connectivity index (χ1n) is 11.5. The molecule has 8 nitrogen and oxygen atoms in total. The maximum absolute atomic E-state index is 12.8.